The van der Waals surface area contributed by atoms with Crippen molar-refractivity contribution >= 4 is 0 Å². The number of aryl methyl sites for hydroxylation is 1. The maximum absolute atomic E-state index is 13.1. The van der Waals surface area contributed by atoms with Gasteiger partial charge in [0, 0.05) is 12.6 Å². The van der Waals surface area contributed by atoms with E-state index < -0.39 is 11.6 Å². The summed E-state index contributed by atoms with van der Waals surface area (Å²) in [6.07, 6.45) is 0.958. The van der Waals surface area contributed by atoms with Crippen LogP contribution in [0.4, 0.5) is 8.78 Å². The van der Waals surface area contributed by atoms with Crippen LogP contribution in [0.5, 0.6) is 0 Å². The zero-order valence-corrected chi connectivity index (χ0v) is 11.9. The summed E-state index contributed by atoms with van der Waals surface area (Å²) in [6.45, 7) is 2.29. The summed E-state index contributed by atoms with van der Waals surface area (Å²) >= 11 is 0. The van der Waals surface area contributed by atoms with Gasteiger partial charge >= 0.3 is 0 Å². The summed E-state index contributed by atoms with van der Waals surface area (Å²) < 4.78 is 26.2. The Morgan fingerprint density at radius 1 is 1.00 bits per heavy atom. The fraction of sp³-hybridized carbons (Fsp3) is 0.294. The van der Waals surface area contributed by atoms with Crippen molar-refractivity contribution < 1.29 is 13.9 Å². The quantitative estimate of drug-likeness (QED) is 0.855. The van der Waals surface area contributed by atoms with Crippen LogP contribution in [0.2, 0.25) is 0 Å². The molecule has 0 radical (unpaired) electrons. The van der Waals surface area contributed by atoms with E-state index in [0.29, 0.717) is 5.56 Å². The van der Waals surface area contributed by atoms with Crippen LogP contribution >= 0.6 is 0 Å². The van der Waals surface area contributed by atoms with Crippen molar-refractivity contribution in [2.45, 2.75) is 25.9 Å². The van der Waals surface area contributed by atoms with E-state index >= 15 is 0 Å². The van der Waals surface area contributed by atoms with E-state index in [1.165, 1.54) is 17.7 Å². The molecule has 21 heavy (non-hydrogen) atoms. The third kappa shape index (κ3) is 4.34. The number of aliphatic hydroxyl groups is 1. The van der Waals surface area contributed by atoms with Crippen LogP contribution in [-0.2, 0) is 13.0 Å². The molecule has 0 amide bonds. The summed E-state index contributed by atoms with van der Waals surface area (Å²) in [4.78, 5) is 0. The van der Waals surface area contributed by atoms with E-state index in [-0.39, 0.29) is 19.2 Å². The van der Waals surface area contributed by atoms with Crippen LogP contribution in [-0.4, -0.2) is 11.7 Å². The Morgan fingerprint density at radius 3 is 2.14 bits per heavy atom. The van der Waals surface area contributed by atoms with Crippen molar-refractivity contribution in [3.05, 3.63) is 70.8 Å². The Balaban J connectivity index is 2.04. The van der Waals surface area contributed by atoms with E-state index in [0.717, 1.165) is 18.1 Å². The van der Waals surface area contributed by atoms with Crippen LogP contribution in [0.3, 0.4) is 0 Å². The molecule has 2 rings (SSSR count). The molecule has 2 aromatic carbocycles. The normalized spacial score (nSPS) is 12.4. The minimum Gasteiger partial charge on any atom is -0.394 e. The van der Waals surface area contributed by atoms with E-state index in [4.69, 9.17) is 0 Å². The zero-order valence-electron chi connectivity index (χ0n) is 11.9. The number of nitrogens with one attached hydrogen (secondary N) is 1. The lowest BCUT2D eigenvalue weighted by Crippen LogP contribution is -2.24. The van der Waals surface area contributed by atoms with Gasteiger partial charge in [-0.2, -0.15) is 0 Å². The standard InChI is InChI=1S/C17H19F2NO/c1-2-12-3-5-14(6-4-12)17(11-21)20-10-13-7-15(18)9-16(19)8-13/h3-9,17,20-21H,2,10-11H2,1H3. The molecule has 0 saturated carbocycles. The second kappa shape index (κ2) is 7.29. The molecular weight excluding hydrogens is 272 g/mol. The van der Waals surface area contributed by atoms with Gasteiger partial charge in [-0.1, -0.05) is 31.2 Å². The predicted octanol–water partition coefficient (Wildman–Crippen LogP) is 3.35. The molecule has 0 aliphatic heterocycles. The van der Waals surface area contributed by atoms with E-state index in [1.54, 1.807) is 0 Å². The predicted molar refractivity (Wildman–Crippen MR) is 78.8 cm³/mol. The summed E-state index contributed by atoms with van der Waals surface area (Å²) in [5, 5.41) is 12.6. The Kier molecular flexibility index (Phi) is 5.42. The summed E-state index contributed by atoms with van der Waals surface area (Å²) in [5.41, 5.74) is 2.69. The summed E-state index contributed by atoms with van der Waals surface area (Å²) in [7, 11) is 0. The molecule has 1 unspecified atom stereocenters. The number of aliphatic hydroxyl groups excluding tert-OH is 1. The molecule has 1 atom stereocenters. The first kappa shape index (κ1) is 15.6. The van der Waals surface area contributed by atoms with Gasteiger partial charge in [0.25, 0.3) is 0 Å². The first-order chi connectivity index (χ1) is 10.1. The molecule has 0 aliphatic rings. The van der Waals surface area contributed by atoms with Gasteiger partial charge in [-0.3, -0.25) is 0 Å². The van der Waals surface area contributed by atoms with Gasteiger partial charge in [0.1, 0.15) is 11.6 Å². The van der Waals surface area contributed by atoms with Crippen LogP contribution in [0.25, 0.3) is 0 Å². The highest BCUT2D eigenvalue weighted by molar-refractivity contribution is 5.25. The van der Waals surface area contributed by atoms with Crippen LogP contribution < -0.4 is 5.32 Å². The molecule has 112 valence electrons. The smallest absolute Gasteiger partial charge is 0.126 e. The van der Waals surface area contributed by atoms with Gasteiger partial charge in [-0.25, -0.2) is 8.78 Å². The Labute approximate surface area is 123 Å². The topological polar surface area (TPSA) is 32.3 Å². The fourth-order valence-corrected chi connectivity index (χ4v) is 2.23. The average molecular weight is 291 g/mol. The molecule has 2 nitrogen and oxygen atoms in total. The Hall–Kier alpha value is -1.78. The molecule has 2 aromatic rings. The monoisotopic (exact) mass is 291 g/mol. The first-order valence-corrected chi connectivity index (χ1v) is 7.00. The molecule has 0 bridgehead atoms. The maximum Gasteiger partial charge on any atom is 0.126 e. The van der Waals surface area contributed by atoms with E-state index in [2.05, 4.69) is 12.2 Å². The van der Waals surface area contributed by atoms with Gasteiger partial charge in [-0.05, 0) is 35.2 Å². The van der Waals surface area contributed by atoms with E-state index in [9.17, 15) is 13.9 Å². The number of hydrogen-bond acceptors (Lipinski definition) is 2. The van der Waals surface area contributed by atoms with Crippen molar-refractivity contribution in [3.8, 4) is 0 Å². The minimum absolute atomic E-state index is 0.0801. The Morgan fingerprint density at radius 2 is 1.62 bits per heavy atom. The van der Waals surface area contributed by atoms with Gasteiger partial charge < -0.3 is 10.4 Å². The number of benzene rings is 2. The van der Waals surface area contributed by atoms with Crippen molar-refractivity contribution in [1.82, 2.24) is 5.32 Å². The lowest BCUT2D eigenvalue weighted by molar-refractivity contribution is 0.243. The van der Waals surface area contributed by atoms with Crippen molar-refractivity contribution in [3.63, 3.8) is 0 Å². The van der Waals surface area contributed by atoms with Crippen molar-refractivity contribution in [2.75, 3.05) is 6.61 Å². The highest BCUT2D eigenvalue weighted by atomic mass is 19.1. The van der Waals surface area contributed by atoms with Crippen LogP contribution in [0, 0.1) is 11.6 Å². The van der Waals surface area contributed by atoms with Gasteiger partial charge in [0.05, 0.1) is 12.6 Å². The third-order valence-corrected chi connectivity index (χ3v) is 3.45. The van der Waals surface area contributed by atoms with Crippen molar-refractivity contribution in [2.24, 2.45) is 0 Å². The molecule has 0 spiro atoms. The zero-order chi connectivity index (χ0) is 15.2. The fourth-order valence-electron chi connectivity index (χ4n) is 2.23. The molecule has 0 saturated heterocycles. The third-order valence-electron chi connectivity index (χ3n) is 3.45. The number of hydrogen-bond donors (Lipinski definition) is 2. The molecule has 2 N–H and O–H groups in total. The lowest BCUT2D eigenvalue weighted by atomic mass is 10.0. The summed E-state index contributed by atoms with van der Waals surface area (Å²) in [6, 6.07) is 11.1. The summed E-state index contributed by atoms with van der Waals surface area (Å²) in [5.74, 6) is -1.20. The maximum atomic E-state index is 13.1. The molecule has 0 heterocycles. The number of halogens is 2. The molecular formula is C17H19F2NO. The van der Waals surface area contributed by atoms with Gasteiger partial charge in [-0.15, -0.1) is 0 Å². The molecule has 0 aliphatic carbocycles. The Bertz CT molecular complexity index is 564. The van der Waals surface area contributed by atoms with Crippen molar-refractivity contribution in [1.29, 1.82) is 0 Å². The minimum atomic E-state index is -0.598. The second-order valence-electron chi connectivity index (χ2n) is 4.99. The largest absolute Gasteiger partial charge is 0.394 e. The lowest BCUT2D eigenvalue weighted by Gasteiger charge is -2.17. The van der Waals surface area contributed by atoms with Gasteiger partial charge in [0.15, 0.2) is 0 Å². The SMILES string of the molecule is CCc1ccc(C(CO)NCc2cc(F)cc(F)c2)cc1. The van der Waals surface area contributed by atoms with Crippen LogP contribution in [0.1, 0.15) is 29.7 Å². The highest BCUT2D eigenvalue weighted by Gasteiger charge is 2.10. The van der Waals surface area contributed by atoms with Crippen LogP contribution in [0.15, 0.2) is 42.5 Å². The average Bonchev–Trinajstić information content (AvgIpc) is 2.47. The molecule has 0 fully saturated rings. The van der Waals surface area contributed by atoms with E-state index in [1.807, 2.05) is 24.3 Å². The van der Waals surface area contributed by atoms with Gasteiger partial charge in [0.2, 0.25) is 0 Å². The number of rotatable bonds is 6. The molecule has 0 aromatic heterocycles. The first-order valence-electron chi connectivity index (χ1n) is 7.00. The second-order valence-corrected chi connectivity index (χ2v) is 4.99. The highest BCUT2D eigenvalue weighted by Crippen LogP contribution is 2.15. The molecule has 4 heteroatoms.